The summed E-state index contributed by atoms with van der Waals surface area (Å²) in [5.41, 5.74) is 1.87. The van der Waals surface area contributed by atoms with E-state index in [0.29, 0.717) is 5.13 Å². The Morgan fingerprint density at radius 1 is 1.22 bits per heavy atom. The topological polar surface area (TPSA) is 67.2 Å². The van der Waals surface area contributed by atoms with E-state index in [4.69, 9.17) is 4.42 Å². The van der Waals surface area contributed by atoms with Crippen molar-refractivity contribution in [3.8, 4) is 11.3 Å². The highest BCUT2D eigenvalue weighted by atomic mass is 32.1. The lowest BCUT2D eigenvalue weighted by Gasteiger charge is -2.11. The van der Waals surface area contributed by atoms with Gasteiger partial charge in [-0.2, -0.15) is 0 Å². The van der Waals surface area contributed by atoms with Crippen molar-refractivity contribution in [2.75, 3.05) is 5.32 Å². The minimum Gasteiger partial charge on any atom is -0.464 e. The summed E-state index contributed by atoms with van der Waals surface area (Å²) in [5.74, 6) is 1.54. The van der Waals surface area contributed by atoms with Gasteiger partial charge in [-0.1, -0.05) is 30.3 Å². The molecule has 0 bridgehead atoms. The summed E-state index contributed by atoms with van der Waals surface area (Å²) in [6.07, 6.45) is 0. The second kappa shape index (κ2) is 6.66. The number of urea groups is 1. The monoisotopic (exact) mass is 327 g/mol. The van der Waals surface area contributed by atoms with Crippen molar-refractivity contribution in [1.82, 2.24) is 10.3 Å². The van der Waals surface area contributed by atoms with Crippen LogP contribution in [0.3, 0.4) is 0 Å². The maximum absolute atomic E-state index is 12.1. The van der Waals surface area contributed by atoms with Crippen molar-refractivity contribution < 1.29 is 9.21 Å². The van der Waals surface area contributed by atoms with E-state index in [-0.39, 0.29) is 12.1 Å². The van der Waals surface area contributed by atoms with E-state index in [1.807, 2.05) is 61.7 Å². The van der Waals surface area contributed by atoms with Gasteiger partial charge in [-0.3, -0.25) is 5.32 Å². The van der Waals surface area contributed by atoms with Gasteiger partial charge in [-0.15, -0.1) is 11.3 Å². The van der Waals surface area contributed by atoms with E-state index in [1.165, 1.54) is 11.3 Å². The van der Waals surface area contributed by atoms with Crippen LogP contribution in [0.2, 0.25) is 0 Å². The molecule has 0 spiro atoms. The molecule has 6 heteroatoms. The zero-order chi connectivity index (χ0) is 16.2. The van der Waals surface area contributed by atoms with E-state index in [2.05, 4.69) is 15.6 Å². The van der Waals surface area contributed by atoms with Gasteiger partial charge in [0.25, 0.3) is 0 Å². The lowest BCUT2D eigenvalue weighted by molar-refractivity contribution is 0.247. The molecule has 1 atom stereocenters. The number of amides is 2. The number of rotatable bonds is 4. The third-order valence-electron chi connectivity index (χ3n) is 3.33. The van der Waals surface area contributed by atoms with Crippen LogP contribution < -0.4 is 10.6 Å². The Bertz CT molecular complexity index is 795. The molecule has 1 aromatic carbocycles. The number of benzene rings is 1. The van der Waals surface area contributed by atoms with Crippen molar-refractivity contribution in [1.29, 1.82) is 0 Å². The minimum absolute atomic E-state index is 0.211. The molecule has 0 fully saturated rings. The van der Waals surface area contributed by atoms with Gasteiger partial charge in [0.1, 0.15) is 11.5 Å². The summed E-state index contributed by atoms with van der Waals surface area (Å²) in [6, 6.07) is 13.1. The summed E-state index contributed by atoms with van der Waals surface area (Å²) >= 11 is 1.39. The van der Waals surface area contributed by atoms with Gasteiger partial charge in [-0.25, -0.2) is 9.78 Å². The fourth-order valence-electron chi connectivity index (χ4n) is 2.16. The molecular formula is C17H17N3O2S. The lowest BCUT2D eigenvalue weighted by atomic mass is 10.2. The smallest absolute Gasteiger partial charge is 0.321 e. The van der Waals surface area contributed by atoms with Crippen LogP contribution in [0.4, 0.5) is 9.93 Å². The zero-order valence-electron chi connectivity index (χ0n) is 12.9. The van der Waals surface area contributed by atoms with Crippen LogP contribution in [-0.4, -0.2) is 11.0 Å². The summed E-state index contributed by atoms with van der Waals surface area (Å²) in [6.45, 7) is 3.74. The van der Waals surface area contributed by atoms with Crippen molar-refractivity contribution in [3.05, 3.63) is 59.4 Å². The fraction of sp³-hybridized carbons (Fsp3) is 0.176. The van der Waals surface area contributed by atoms with E-state index < -0.39 is 0 Å². The van der Waals surface area contributed by atoms with Crippen LogP contribution in [0, 0.1) is 6.92 Å². The Labute approximate surface area is 138 Å². The highest BCUT2D eigenvalue weighted by molar-refractivity contribution is 7.14. The Morgan fingerprint density at radius 3 is 2.70 bits per heavy atom. The molecule has 3 rings (SSSR count). The first-order valence-corrected chi connectivity index (χ1v) is 8.14. The first kappa shape index (κ1) is 15.3. The minimum atomic E-state index is -0.305. The number of furan rings is 1. The molecule has 5 nitrogen and oxygen atoms in total. The molecule has 1 unspecified atom stereocenters. The number of nitrogens with one attached hydrogen (secondary N) is 2. The average Bonchev–Trinajstić information content (AvgIpc) is 3.17. The summed E-state index contributed by atoms with van der Waals surface area (Å²) in [5, 5.41) is 8.07. The predicted octanol–water partition coefficient (Wildman–Crippen LogP) is 4.59. The molecule has 3 aromatic rings. The average molecular weight is 327 g/mol. The molecule has 23 heavy (non-hydrogen) atoms. The van der Waals surface area contributed by atoms with E-state index in [9.17, 15) is 4.79 Å². The largest absolute Gasteiger partial charge is 0.464 e. The fourth-order valence-corrected chi connectivity index (χ4v) is 2.87. The molecule has 118 valence electrons. The normalized spacial score (nSPS) is 11.9. The van der Waals surface area contributed by atoms with Crippen molar-refractivity contribution >= 4 is 22.5 Å². The van der Waals surface area contributed by atoms with Crippen LogP contribution in [-0.2, 0) is 0 Å². The Kier molecular flexibility index (Phi) is 4.43. The van der Waals surface area contributed by atoms with Crippen molar-refractivity contribution in [2.45, 2.75) is 19.9 Å². The van der Waals surface area contributed by atoms with Crippen LogP contribution in [0.15, 0.2) is 52.3 Å². The Hall–Kier alpha value is -2.60. The first-order chi connectivity index (χ1) is 11.1. The standard InChI is InChI=1S/C17H17N3O2S/c1-11-8-9-15(22-11)12(2)18-16(21)20-17-19-14(10-23-17)13-6-4-3-5-7-13/h3-10,12H,1-2H3,(H2,18,19,20,21). The van der Waals surface area contributed by atoms with Gasteiger partial charge in [-0.05, 0) is 26.0 Å². The number of carbonyl (C=O) groups excluding carboxylic acids is 1. The molecule has 2 N–H and O–H groups in total. The summed E-state index contributed by atoms with van der Waals surface area (Å²) in [7, 11) is 0. The second-order valence-electron chi connectivity index (χ2n) is 5.17. The van der Waals surface area contributed by atoms with E-state index >= 15 is 0 Å². The molecule has 0 aliphatic rings. The summed E-state index contributed by atoms with van der Waals surface area (Å²) < 4.78 is 5.50. The quantitative estimate of drug-likeness (QED) is 0.736. The highest BCUT2D eigenvalue weighted by Gasteiger charge is 2.14. The molecular weight excluding hydrogens is 310 g/mol. The molecule has 0 aliphatic heterocycles. The van der Waals surface area contributed by atoms with E-state index in [1.54, 1.807) is 0 Å². The SMILES string of the molecule is Cc1ccc(C(C)NC(=O)Nc2nc(-c3ccccc3)cs2)o1. The highest BCUT2D eigenvalue weighted by Crippen LogP contribution is 2.24. The molecule has 0 saturated heterocycles. The van der Waals surface area contributed by atoms with Crippen LogP contribution in [0.1, 0.15) is 24.5 Å². The first-order valence-electron chi connectivity index (χ1n) is 7.26. The number of carbonyl (C=O) groups is 1. The van der Waals surface area contributed by atoms with E-state index in [0.717, 1.165) is 22.8 Å². The molecule has 0 saturated carbocycles. The van der Waals surface area contributed by atoms with Gasteiger partial charge in [0, 0.05) is 10.9 Å². The number of thiazole rings is 1. The third-order valence-corrected chi connectivity index (χ3v) is 4.09. The van der Waals surface area contributed by atoms with Crippen LogP contribution in [0.25, 0.3) is 11.3 Å². The molecule has 2 heterocycles. The van der Waals surface area contributed by atoms with Crippen molar-refractivity contribution in [3.63, 3.8) is 0 Å². The van der Waals surface area contributed by atoms with Gasteiger partial charge in [0.2, 0.25) is 0 Å². The Balaban J connectivity index is 1.61. The van der Waals surface area contributed by atoms with Gasteiger partial charge < -0.3 is 9.73 Å². The predicted molar refractivity (Wildman–Crippen MR) is 91.6 cm³/mol. The maximum Gasteiger partial charge on any atom is 0.321 e. The third kappa shape index (κ3) is 3.78. The Morgan fingerprint density at radius 2 is 2.00 bits per heavy atom. The van der Waals surface area contributed by atoms with Gasteiger partial charge >= 0.3 is 6.03 Å². The van der Waals surface area contributed by atoms with Crippen LogP contribution in [0.5, 0.6) is 0 Å². The second-order valence-corrected chi connectivity index (χ2v) is 6.03. The van der Waals surface area contributed by atoms with Gasteiger partial charge in [0.05, 0.1) is 11.7 Å². The number of aryl methyl sites for hydroxylation is 1. The maximum atomic E-state index is 12.1. The zero-order valence-corrected chi connectivity index (χ0v) is 13.7. The molecule has 0 radical (unpaired) electrons. The molecule has 2 amide bonds. The number of anilines is 1. The van der Waals surface area contributed by atoms with Crippen molar-refractivity contribution in [2.24, 2.45) is 0 Å². The number of hydrogen-bond acceptors (Lipinski definition) is 4. The lowest BCUT2D eigenvalue weighted by Crippen LogP contribution is -2.30. The van der Waals surface area contributed by atoms with Gasteiger partial charge in [0.15, 0.2) is 5.13 Å². The number of nitrogens with zero attached hydrogens (tertiary/aromatic N) is 1. The van der Waals surface area contributed by atoms with Crippen LogP contribution >= 0.6 is 11.3 Å². The number of hydrogen-bond donors (Lipinski definition) is 2. The number of aromatic nitrogens is 1. The molecule has 2 aromatic heterocycles. The molecule has 0 aliphatic carbocycles. The summed E-state index contributed by atoms with van der Waals surface area (Å²) in [4.78, 5) is 16.5.